The minimum absolute atomic E-state index is 0.185. The van der Waals surface area contributed by atoms with Gasteiger partial charge in [-0.25, -0.2) is 4.99 Å². The Morgan fingerprint density at radius 1 is 1.07 bits per heavy atom. The standard InChI is InChI=1S/C22H22Cl2N4OS/c1-27-8-10-28(11-9-27)17-5-2-15(3-6-17)13-20-21(29)26-22(25-20)30-14-16-4-7-18(23)19(24)12-16/h2-7,12-13H,8-11,14H2,1H3,(H,25,26,29). The van der Waals surface area contributed by atoms with E-state index >= 15 is 0 Å². The summed E-state index contributed by atoms with van der Waals surface area (Å²) in [6, 6.07) is 13.8. The molecule has 0 unspecified atom stereocenters. The number of nitrogens with one attached hydrogen (secondary N) is 1. The summed E-state index contributed by atoms with van der Waals surface area (Å²) in [6.07, 6.45) is 1.82. The first-order valence-electron chi connectivity index (χ1n) is 9.70. The molecule has 0 saturated carbocycles. The number of hydrogen-bond donors (Lipinski definition) is 1. The molecule has 156 valence electrons. The van der Waals surface area contributed by atoms with E-state index in [1.807, 2.05) is 30.3 Å². The van der Waals surface area contributed by atoms with Crippen molar-refractivity contribution in [3.05, 3.63) is 69.3 Å². The maximum absolute atomic E-state index is 12.3. The van der Waals surface area contributed by atoms with Gasteiger partial charge in [0.15, 0.2) is 5.17 Å². The summed E-state index contributed by atoms with van der Waals surface area (Å²) in [5.74, 6) is 0.456. The van der Waals surface area contributed by atoms with Crippen LogP contribution in [-0.2, 0) is 10.5 Å². The van der Waals surface area contributed by atoms with Crippen LogP contribution in [0.2, 0.25) is 10.0 Å². The summed E-state index contributed by atoms with van der Waals surface area (Å²) >= 11 is 13.5. The van der Waals surface area contributed by atoms with Crippen LogP contribution < -0.4 is 10.2 Å². The lowest BCUT2D eigenvalue weighted by atomic mass is 10.1. The molecule has 1 N–H and O–H groups in total. The van der Waals surface area contributed by atoms with Gasteiger partial charge in [-0.2, -0.15) is 0 Å². The molecule has 2 heterocycles. The van der Waals surface area contributed by atoms with E-state index in [0.717, 1.165) is 37.3 Å². The van der Waals surface area contributed by atoms with Crippen molar-refractivity contribution in [1.82, 2.24) is 10.2 Å². The molecule has 30 heavy (non-hydrogen) atoms. The fourth-order valence-electron chi connectivity index (χ4n) is 3.30. The minimum Gasteiger partial charge on any atom is -0.369 e. The maximum atomic E-state index is 12.3. The van der Waals surface area contributed by atoms with Gasteiger partial charge in [0.05, 0.1) is 10.0 Å². The van der Waals surface area contributed by atoms with E-state index in [4.69, 9.17) is 23.2 Å². The Morgan fingerprint density at radius 2 is 1.80 bits per heavy atom. The highest BCUT2D eigenvalue weighted by molar-refractivity contribution is 8.13. The number of amides is 1. The van der Waals surface area contributed by atoms with Crippen molar-refractivity contribution in [3.63, 3.8) is 0 Å². The molecule has 2 aromatic carbocycles. The first-order valence-corrected chi connectivity index (χ1v) is 11.4. The quantitative estimate of drug-likeness (QED) is 0.681. The number of carbonyl (C=O) groups excluding carboxylic acids is 1. The van der Waals surface area contributed by atoms with Gasteiger partial charge >= 0.3 is 0 Å². The van der Waals surface area contributed by atoms with Crippen molar-refractivity contribution in [2.75, 3.05) is 38.1 Å². The van der Waals surface area contributed by atoms with E-state index in [1.54, 1.807) is 6.07 Å². The Hall–Kier alpha value is -1.99. The molecule has 0 aliphatic carbocycles. The van der Waals surface area contributed by atoms with E-state index in [-0.39, 0.29) is 5.91 Å². The highest BCUT2D eigenvalue weighted by Gasteiger charge is 2.20. The lowest BCUT2D eigenvalue weighted by Crippen LogP contribution is -2.44. The minimum atomic E-state index is -0.185. The van der Waals surface area contributed by atoms with Crippen LogP contribution >= 0.6 is 35.0 Å². The fourth-order valence-corrected chi connectivity index (χ4v) is 4.43. The number of anilines is 1. The zero-order valence-corrected chi connectivity index (χ0v) is 18.9. The second kappa shape index (κ2) is 9.43. The van der Waals surface area contributed by atoms with Crippen LogP contribution in [0.5, 0.6) is 0 Å². The van der Waals surface area contributed by atoms with Crippen LogP contribution in [0.25, 0.3) is 6.08 Å². The summed E-state index contributed by atoms with van der Waals surface area (Å²) in [5.41, 5.74) is 3.60. The average Bonchev–Trinajstić information content (AvgIpc) is 3.09. The largest absolute Gasteiger partial charge is 0.369 e. The van der Waals surface area contributed by atoms with Crippen molar-refractivity contribution in [3.8, 4) is 0 Å². The van der Waals surface area contributed by atoms with Gasteiger partial charge in [-0.15, -0.1) is 0 Å². The van der Waals surface area contributed by atoms with Crippen LogP contribution in [-0.4, -0.2) is 49.2 Å². The Morgan fingerprint density at radius 3 is 2.50 bits per heavy atom. The van der Waals surface area contributed by atoms with Crippen molar-refractivity contribution in [2.45, 2.75) is 5.75 Å². The van der Waals surface area contributed by atoms with Gasteiger partial charge < -0.3 is 9.80 Å². The summed E-state index contributed by atoms with van der Waals surface area (Å²) in [6.45, 7) is 4.21. The number of nitrogens with zero attached hydrogens (tertiary/aromatic N) is 3. The fraction of sp³-hybridized carbons (Fsp3) is 0.273. The molecule has 5 nitrogen and oxygen atoms in total. The monoisotopic (exact) mass is 460 g/mol. The number of rotatable bonds is 4. The molecule has 1 saturated heterocycles. The molecule has 8 heteroatoms. The van der Waals surface area contributed by atoms with Gasteiger partial charge in [-0.3, -0.25) is 10.1 Å². The number of benzene rings is 2. The van der Waals surface area contributed by atoms with E-state index in [9.17, 15) is 4.79 Å². The number of likely N-dealkylation sites (N-methyl/N-ethyl adjacent to an activating group) is 1. The van der Waals surface area contributed by atoms with E-state index in [2.05, 4.69) is 39.3 Å². The molecule has 1 fully saturated rings. The molecule has 2 aromatic rings. The molecule has 4 rings (SSSR count). The van der Waals surface area contributed by atoms with Gasteiger partial charge in [-0.1, -0.05) is 53.2 Å². The smallest absolute Gasteiger partial charge is 0.275 e. The average molecular weight is 461 g/mol. The van der Waals surface area contributed by atoms with E-state index in [1.165, 1.54) is 17.4 Å². The van der Waals surface area contributed by atoms with Crippen LogP contribution in [0.1, 0.15) is 11.1 Å². The van der Waals surface area contributed by atoms with Crippen molar-refractivity contribution in [1.29, 1.82) is 0 Å². The topological polar surface area (TPSA) is 47.9 Å². The molecule has 2 aliphatic heterocycles. The molecular weight excluding hydrogens is 439 g/mol. The normalized spacial score (nSPS) is 18.6. The van der Waals surface area contributed by atoms with E-state index in [0.29, 0.717) is 26.7 Å². The second-order valence-corrected chi connectivity index (χ2v) is 9.10. The van der Waals surface area contributed by atoms with Gasteiger partial charge in [0.2, 0.25) is 0 Å². The second-order valence-electron chi connectivity index (χ2n) is 7.32. The number of halogens is 2. The van der Waals surface area contributed by atoms with Crippen molar-refractivity contribution >= 4 is 57.8 Å². The summed E-state index contributed by atoms with van der Waals surface area (Å²) in [7, 11) is 2.15. The molecule has 0 radical (unpaired) electrons. The Balaban J connectivity index is 1.39. The maximum Gasteiger partial charge on any atom is 0.275 e. The number of hydrogen-bond acceptors (Lipinski definition) is 5. The molecule has 1 amide bonds. The summed E-state index contributed by atoms with van der Waals surface area (Å²) in [4.78, 5) is 21.5. The molecule has 0 atom stereocenters. The third-order valence-corrected chi connectivity index (χ3v) is 6.78. The summed E-state index contributed by atoms with van der Waals surface area (Å²) < 4.78 is 0. The number of thioether (sulfide) groups is 1. The lowest BCUT2D eigenvalue weighted by Gasteiger charge is -2.34. The van der Waals surface area contributed by atoms with Gasteiger partial charge in [0.1, 0.15) is 5.70 Å². The molecule has 0 spiro atoms. The van der Waals surface area contributed by atoms with Gasteiger partial charge in [0, 0.05) is 37.6 Å². The third kappa shape index (κ3) is 5.19. The van der Waals surface area contributed by atoms with E-state index < -0.39 is 0 Å². The third-order valence-electron chi connectivity index (χ3n) is 5.10. The Bertz CT molecular complexity index is 999. The highest BCUT2D eigenvalue weighted by Crippen LogP contribution is 2.26. The van der Waals surface area contributed by atoms with Crippen LogP contribution in [0, 0.1) is 0 Å². The zero-order chi connectivity index (χ0) is 21.1. The lowest BCUT2D eigenvalue weighted by molar-refractivity contribution is -0.115. The Kier molecular flexibility index (Phi) is 6.68. The van der Waals surface area contributed by atoms with Crippen molar-refractivity contribution in [2.24, 2.45) is 4.99 Å². The van der Waals surface area contributed by atoms with Gasteiger partial charge in [-0.05, 0) is 48.5 Å². The predicted molar refractivity (Wildman–Crippen MR) is 127 cm³/mol. The summed E-state index contributed by atoms with van der Waals surface area (Å²) in [5, 5.41) is 4.46. The number of amidine groups is 1. The number of aliphatic imine (C=N–C) groups is 1. The van der Waals surface area contributed by atoms with Crippen LogP contribution in [0.3, 0.4) is 0 Å². The molecular formula is C22H22Cl2N4OS. The predicted octanol–water partition coefficient (Wildman–Crippen LogP) is 4.51. The van der Waals surface area contributed by atoms with Crippen molar-refractivity contribution < 1.29 is 4.79 Å². The molecule has 0 bridgehead atoms. The SMILES string of the molecule is CN1CCN(c2ccc(C=C3N=C(SCc4ccc(Cl)c(Cl)c4)NC3=O)cc2)CC1. The number of piperazine rings is 1. The first kappa shape index (κ1) is 21.2. The van der Waals surface area contributed by atoms with Crippen LogP contribution in [0.4, 0.5) is 5.69 Å². The number of carbonyl (C=O) groups is 1. The van der Waals surface area contributed by atoms with Crippen LogP contribution in [0.15, 0.2) is 53.2 Å². The first-order chi connectivity index (χ1) is 14.5. The Labute approximate surface area is 190 Å². The molecule has 2 aliphatic rings. The highest BCUT2D eigenvalue weighted by atomic mass is 35.5. The van der Waals surface area contributed by atoms with Gasteiger partial charge in [0.25, 0.3) is 5.91 Å². The zero-order valence-electron chi connectivity index (χ0n) is 16.6. The molecule has 0 aromatic heterocycles.